The second-order valence-corrected chi connectivity index (χ2v) is 6.68. The number of hydrogen-bond donors (Lipinski definition) is 1. The number of ether oxygens (including phenoxy) is 1. The van der Waals surface area contributed by atoms with Crippen molar-refractivity contribution >= 4 is 41.2 Å². The minimum atomic E-state index is -0.156. The van der Waals surface area contributed by atoms with Gasteiger partial charge in [0.2, 0.25) is 5.16 Å². The van der Waals surface area contributed by atoms with Crippen molar-refractivity contribution in [3.05, 3.63) is 63.9 Å². The summed E-state index contributed by atoms with van der Waals surface area (Å²) in [7, 11) is 0. The van der Waals surface area contributed by atoms with Gasteiger partial charge in [-0.05, 0) is 36.1 Å². The lowest BCUT2D eigenvalue weighted by molar-refractivity contribution is 0.290. The molecule has 0 amide bonds. The fourth-order valence-corrected chi connectivity index (χ4v) is 3.03. The quantitative estimate of drug-likeness (QED) is 0.480. The van der Waals surface area contributed by atoms with Gasteiger partial charge in [0.25, 0.3) is 0 Å². The molecule has 0 spiro atoms. The van der Waals surface area contributed by atoms with Gasteiger partial charge in [0.15, 0.2) is 11.6 Å². The number of phenols is 1. The molecule has 0 saturated heterocycles. The van der Waals surface area contributed by atoms with Crippen LogP contribution in [-0.2, 0) is 6.61 Å². The van der Waals surface area contributed by atoms with E-state index in [1.54, 1.807) is 23.0 Å². The Morgan fingerprint density at radius 1 is 1.19 bits per heavy atom. The summed E-state index contributed by atoms with van der Waals surface area (Å²) in [6.07, 6.45) is 3.44. The van der Waals surface area contributed by atoms with Crippen molar-refractivity contribution in [2.45, 2.75) is 11.8 Å². The van der Waals surface area contributed by atoms with Crippen LogP contribution in [0.15, 0.2) is 52.7 Å². The molecule has 1 heterocycles. The third kappa shape index (κ3) is 4.30. The lowest BCUT2D eigenvalue weighted by Gasteiger charge is -2.06. The normalized spacial score (nSPS) is 11.2. The highest BCUT2D eigenvalue weighted by Crippen LogP contribution is 2.32. The highest BCUT2D eigenvalue weighted by atomic mass is 35.5. The summed E-state index contributed by atoms with van der Waals surface area (Å²) in [4.78, 5) is 0. The van der Waals surface area contributed by atoms with E-state index >= 15 is 0 Å². The second kappa shape index (κ2) is 8.44. The van der Waals surface area contributed by atoms with Crippen molar-refractivity contribution in [1.29, 1.82) is 0 Å². The van der Waals surface area contributed by atoms with Crippen molar-refractivity contribution < 1.29 is 9.84 Å². The molecule has 0 fully saturated rings. The van der Waals surface area contributed by atoms with Crippen molar-refractivity contribution in [2.24, 2.45) is 5.10 Å². The minimum Gasteiger partial charge on any atom is -0.505 e. The highest BCUT2D eigenvalue weighted by molar-refractivity contribution is 7.98. The van der Waals surface area contributed by atoms with Crippen molar-refractivity contribution in [2.75, 3.05) is 6.26 Å². The van der Waals surface area contributed by atoms with Crippen LogP contribution in [0.1, 0.15) is 11.4 Å². The van der Waals surface area contributed by atoms with Crippen LogP contribution in [0.3, 0.4) is 0 Å². The van der Waals surface area contributed by atoms with Crippen LogP contribution in [0, 0.1) is 0 Å². The predicted octanol–water partition coefficient (Wildman–Crippen LogP) is 4.47. The van der Waals surface area contributed by atoms with Crippen molar-refractivity contribution in [1.82, 2.24) is 14.9 Å². The first-order valence-corrected chi connectivity index (χ1v) is 9.45. The molecule has 0 radical (unpaired) electrons. The van der Waals surface area contributed by atoms with Gasteiger partial charge < -0.3 is 9.84 Å². The fraction of sp³-hybridized carbons (Fsp3) is 0.118. The summed E-state index contributed by atoms with van der Waals surface area (Å²) in [6.45, 7) is 0.214. The topological polar surface area (TPSA) is 72.5 Å². The standard InChI is InChI=1S/C17H14Cl2N4O2S/c1-26-17-22-21-15(10-25-12-5-3-2-4-6-12)23(17)20-9-11-7-13(18)16(24)14(19)8-11/h2-9,24H,10H2,1H3/b20-9-. The molecule has 9 heteroatoms. The molecule has 3 rings (SSSR count). The minimum absolute atomic E-state index is 0.153. The zero-order valence-electron chi connectivity index (χ0n) is 13.6. The van der Waals surface area contributed by atoms with Crippen LogP contribution >= 0.6 is 35.0 Å². The summed E-state index contributed by atoms with van der Waals surface area (Å²) < 4.78 is 7.30. The molecule has 0 saturated carbocycles. The zero-order chi connectivity index (χ0) is 18.5. The Morgan fingerprint density at radius 3 is 2.54 bits per heavy atom. The first-order valence-electron chi connectivity index (χ1n) is 7.47. The summed E-state index contributed by atoms with van der Waals surface area (Å²) in [5.74, 6) is 1.12. The summed E-state index contributed by atoms with van der Waals surface area (Å²) >= 11 is 13.3. The van der Waals surface area contributed by atoms with Gasteiger partial charge in [-0.15, -0.1) is 10.2 Å². The maximum absolute atomic E-state index is 9.63. The number of rotatable bonds is 6. The molecule has 1 N–H and O–H groups in total. The molecule has 0 atom stereocenters. The Morgan fingerprint density at radius 2 is 1.88 bits per heavy atom. The van der Waals surface area contributed by atoms with E-state index in [4.69, 9.17) is 27.9 Å². The van der Waals surface area contributed by atoms with Gasteiger partial charge in [0.05, 0.1) is 16.3 Å². The molecule has 0 aliphatic rings. The van der Waals surface area contributed by atoms with E-state index in [9.17, 15) is 5.11 Å². The van der Waals surface area contributed by atoms with E-state index in [1.165, 1.54) is 11.8 Å². The van der Waals surface area contributed by atoms with Gasteiger partial charge in [0.1, 0.15) is 12.4 Å². The average Bonchev–Trinajstić information content (AvgIpc) is 3.05. The van der Waals surface area contributed by atoms with Crippen molar-refractivity contribution in [3.63, 3.8) is 0 Å². The van der Waals surface area contributed by atoms with Crippen molar-refractivity contribution in [3.8, 4) is 11.5 Å². The van der Waals surface area contributed by atoms with Crippen LogP contribution in [0.2, 0.25) is 10.0 Å². The first kappa shape index (κ1) is 18.6. The summed E-state index contributed by atoms with van der Waals surface area (Å²) in [5, 5.41) is 23.2. The smallest absolute Gasteiger partial charge is 0.211 e. The third-order valence-electron chi connectivity index (χ3n) is 3.33. The Labute approximate surface area is 164 Å². The maximum atomic E-state index is 9.63. The fourth-order valence-electron chi connectivity index (χ4n) is 2.08. The van der Waals surface area contributed by atoms with Crippen LogP contribution in [0.4, 0.5) is 0 Å². The zero-order valence-corrected chi connectivity index (χ0v) is 16.0. The monoisotopic (exact) mass is 408 g/mol. The second-order valence-electron chi connectivity index (χ2n) is 5.09. The van der Waals surface area contributed by atoms with Crippen LogP contribution in [0.5, 0.6) is 11.5 Å². The molecule has 2 aromatic carbocycles. The summed E-state index contributed by atoms with van der Waals surface area (Å²) in [5.41, 5.74) is 0.633. The molecule has 0 unspecified atom stereocenters. The van der Waals surface area contributed by atoms with Gasteiger partial charge >= 0.3 is 0 Å². The van der Waals surface area contributed by atoms with Gasteiger partial charge in [-0.1, -0.05) is 53.2 Å². The Kier molecular flexibility index (Phi) is 6.03. The number of nitrogens with zero attached hydrogens (tertiary/aromatic N) is 4. The predicted molar refractivity (Wildman–Crippen MR) is 104 cm³/mol. The van der Waals surface area contributed by atoms with E-state index in [1.807, 2.05) is 36.6 Å². The number of para-hydroxylation sites is 1. The summed E-state index contributed by atoms with van der Waals surface area (Å²) in [6, 6.07) is 12.6. The number of benzene rings is 2. The van der Waals surface area contributed by atoms with Gasteiger partial charge in [0, 0.05) is 0 Å². The van der Waals surface area contributed by atoms with E-state index in [0.29, 0.717) is 16.5 Å². The molecule has 0 bridgehead atoms. The number of aromatic hydroxyl groups is 1. The third-order valence-corrected chi connectivity index (χ3v) is 4.53. The Bertz CT molecular complexity index is 909. The molecule has 1 aromatic heterocycles. The number of thioether (sulfide) groups is 1. The Balaban J connectivity index is 1.83. The van der Waals surface area contributed by atoms with E-state index in [2.05, 4.69) is 15.3 Å². The SMILES string of the molecule is CSc1nnc(COc2ccccc2)n1/N=C\c1cc(Cl)c(O)c(Cl)c1. The average molecular weight is 409 g/mol. The number of phenolic OH excluding ortho intramolecular Hbond substituents is 1. The molecular formula is C17H14Cl2N4O2S. The molecule has 0 aliphatic heterocycles. The number of halogens is 2. The number of aromatic nitrogens is 3. The Hall–Kier alpha value is -2.22. The van der Waals surface area contributed by atoms with E-state index in [0.717, 1.165) is 5.75 Å². The molecule has 134 valence electrons. The molecule has 0 aliphatic carbocycles. The molecular weight excluding hydrogens is 395 g/mol. The van der Waals surface area contributed by atoms with Crippen LogP contribution in [0.25, 0.3) is 0 Å². The first-order chi connectivity index (χ1) is 12.6. The lowest BCUT2D eigenvalue weighted by atomic mass is 10.2. The largest absolute Gasteiger partial charge is 0.505 e. The highest BCUT2D eigenvalue weighted by Gasteiger charge is 2.12. The number of hydrogen-bond acceptors (Lipinski definition) is 6. The van der Waals surface area contributed by atoms with E-state index in [-0.39, 0.29) is 22.4 Å². The van der Waals surface area contributed by atoms with E-state index < -0.39 is 0 Å². The molecule has 6 nitrogen and oxygen atoms in total. The van der Waals surface area contributed by atoms with Gasteiger partial charge in [-0.25, -0.2) is 0 Å². The van der Waals surface area contributed by atoms with Gasteiger partial charge in [-0.2, -0.15) is 9.78 Å². The van der Waals surface area contributed by atoms with Gasteiger partial charge in [-0.3, -0.25) is 0 Å². The van der Waals surface area contributed by atoms with Crippen LogP contribution in [-0.4, -0.2) is 32.5 Å². The maximum Gasteiger partial charge on any atom is 0.211 e. The molecule has 26 heavy (non-hydrogen) atoms. The molecule has 3 aromatic rings. The lowest BCUT2D eigenvalue weighted by Crippen LogP contribution is -2.04. The van der Waals surface area contributed by atoms with Crippen LogP contribution < -0.4 is 4.74 Å².